The molecule has 0 aromatic heterocycles. The van der Waals surface area contributed by atoms with Crippen molar-refractivity contribution in [2.24, 2.45) is 11.3 Å². The van der Waals surface area contributed by atoms with Crippen LogP contribution < -0.4 is 10.6 Å². The molecule has 2 heterocycles. The summed E-state index contributed by atoms with van der Waals surface area (Å²) in [5.41, 5.74) is 1.00. The van der Waals surface area contributed by atoms with E-state index in [-0.39, 0.29) is 43.2 Å². The third-order valence-corrected chi connectivity index (χ3v) is 10.0. The molecular weight excluding hydrogens is 584 g/mol. The van der Waals surface area contributed by atoms with Crippen molar-refractivity contribution >= 4 is 21.8 Å². The van der Waals surface area contributed by atoms with Crippen molar-refractivity contribution in [2.45, 2.75) is 75.4 Å². The maximum Gasteiger partial charge on any atom is 0.407 e. The van der Waals surface area contributed by atoms with Crippen LogP contribution in [0.2, 0.25) is 0 Å². The Morgan fingerprint density at radius 3 is 2.70 bits per heavy atom. The second-order valence-corrected chi connectivity index (χ2v) is 14.2. The predicted molar refractivity (Wildman–Crippen MR) is 165 cm³/mol. The molecule has 0 aliphatic carbocycles. The van der Waals surface area contributed by atoms with Gasteiger partial charge in [0.1, 0.15) is 6.10 Å². The molecule has 2 saturated heterocycles. The summed E-state index contributed by atoms with van der Waals surface area (Å²) >= 11 is 0. The number of alkyl carbamates (subject to hydrolysis) is 1. The summed E-state index contributed by atoms with van der Waals surface area (Å²) < 4.78 is 46.3. The molecule has 0 bridgehead atoms. The molecule has 2 aromatic rings. The van der Waals surface area contributed by atoms with Crippen molar-refractivity contribution in [3.8, 4) is 6.07 Å². The molecule has 5 unspecified atom stereocenters. The SMILES string of the molecule is CNc1cccc(S(=O)(=O)N(CC(O)C(Cc2ccccc2)NC(=O)OC2COC3OCCC23)CC(C)(C)CCCC#N)c1. The number of carbonyl (C=O) groups is 1. The van der Waals surface area contributed by atoms with E-state index in [0.29, 0.717) is 31.6 Å². The third-order valence-electron chi connectivity index (χ3n) is 8.21. The molecule has 2 aromatic carbocycles. The number of sulfonamides is 1. The zero-order valence-electron chi connectivity index (χ0n) is 25.6. The fourth-order valence-electron chi connectivity index (χ4n) is 5.77. The summed E-state index contributed by atoms with van der Waals surface area (Å²) in [6, 6.07) is 17.2. The van der Waals surface area contributed by atoms with Gasteiger partial charge in [-0.1, -0.05) is 50.2 Å². The van der Waals surface area contributed by atoms with Crippen molar-refractivity contribution in [1.29, 1.82) is 5.26 Å². The fraction of sp³-hybridized carbons (Fsp3) is 0.562. The highest BCUT2D eigenvalue weighted by Gasteiger charge is 2.44. The van der Waals surface area contributed by atoms with E-state index in [4.69, 9.17) is 19.5 Å². The fourth-order valence-corrected chi connectivity index (χ4v) is 7.46. The molecule has 2 aliphatic heterocycles. The van der Waals surface area contributed by atoms with Gasteiger partial charge >= 0.3 is 6.09 Å². The number of hydrogen-bond donors (Lipinski definition) is 3. The van der Waals surface area contributed by atoms with Gasteiger partial charge in [0.15, 0.2) is 6.29 Å². The number of aliphatic hydroxyl groups is 1. The molecule has 3 N–H and O–H groups in total. The molecule has 4 rings (SSSR count). The van der Waals surface area contributed by atoms with Crippen LogP contribution in [0.25, 0.3) is 0 Å². The molecular formula is C32H44N4O7S. The van der Waals surface area contributed by atoms with E-state index in [2.05, 4.69) is 16.7 Å². The van der Waals surface area contributed by atoms with Gasteiger partial charge in [0, 0.05) is 32.2 Å². The Kier molecular flexibility index (Phi) is 11.6. The number of ether oxygens (including phenoxy) is 3. The highest BCUT2D eigenvalue weighted by Crippen LogP contribution is 2.33. The Morgan fingerprint density at radius 1 is 1.20 bits per heavy atom. The number of anilines is 1. The summed E-state index contributed by atoms with van der Waals surface area (Å²) in [6.07, 6.45) is -0.247. The van der Waals surface area contributed by atoms with Crippen LogP contribution in [0.1, 0.15) is 45.1 Å². The average molecular weight is 629 g/mol. The molecule has 12 heteroatoms. The quantitative estimate of drug-likeness (QED) is 0.250. The molecule has 2 fully saturated rings. The minimum Gasteiger partial charge on any atom is -0.443 e. The van der Waals surface area contributed by atoms with Gasteiger partial charge < -0.3 is 30.0 Å². The molecule has 1 amide bonds. The van der Waals surface area contributed by atoms with Gasteiger partial charge in [-0.15, -0.1) is 0 Å². The van der Waals surface area contributed by atoms with Crippen molar-refractivity contribution in [3.05, 3.63) is 60.2 Å². The van der Waals surface area contributed by atoms with Gasteiger partial charge in [0.25, 0.3) is 0 Å². The summed E-state index contributed by atoms with van der Waals surface area (Å²) in [5.74, 6) is -0.0458. The zero-order valence-corrected chi connectivity index (χ0v) is 26.5. The van der Waals surface area contributed by atoms with E-state index in [1.54, 1.807) is 25.2 Å². The largest absolute Gasteiger partial charge is 0.443 e. The summed E-state index contributed by atoms with van der Waals surface area (Å²) in [4.78, 5) is 13.2. The van der Waals surface area contributed by atoms with Crippen LogP contribution in [0.3, 0.4) is 0 Å². The topological polar surface area (TPSA) is 150 Å². The summed E-state index contributed by atoms with van der Waals surface area (Å²) in [7, 11) is -2.35. The molecule has 2 aliphatic rings. The van der Waals surface area contributed by atoms with Crippen LogP contribution in [0.4, 0.5) is 10.5 Å². The van der Waals surface area contributed by atoms with Gasteiger partial charge in [0.05, 0.1) is 42.2 Å². The molecule has 0 radical (unpaired) electrons. The lowest BCUT2D eigenvalue weighted by Crippen LogP contribution is -2.52. The smallest absolute Gasteiger partial charge is 0.407 e. The highest BCUT2D eigenvalue weighted by molar-refractivity contribution is 7.89. The Labute approximate surface area is 260 Å². The van der Waals surface area contributed by atoms with Gasteiger partial charge in [-0.3, -0.25) is 0 Å². The number of fused-ring (bicyclic) bond motifs is 1. The van der Waals surface area contributed by atoms with Crippen LogP contribution in [0.5, 0.6) is 0 Å². The van der Waals surface area contributed by atoms with Gasteiger partial charge in [-0.05, 0) is 54.9 Å². The van der Waals surface area contributed by atoms with Crippen LogP contribution in [-0.2, 0) is 30.7 Å². The van der Waals surface area contributed by atoms with E-state index in [1.807, 2.05) is 44.2 Å². The second-order valence-electron chi connectivity index (χ2n) is 12.2. The summed E-state index contributed by atoms with van der Waals surface area (Å²) in [5, 5.41) is 26.5. The maximum atomic E-state index is 14.1. The normalized spacial score (nSPS) is 21.3. The maximum absolute atomic E-state index is 14.1. The first kappa shape index (κ1) is 33.7. The number of rotatable bonds is 15. The van der Waals surface area contributed by atoms with Crippen LogP contribution >= 0.6 is 0 Å². The number of nitrogens with one attached hydrogen (secondary N) is 2. The zero-order chi connectivity index (χ0) is 31.7. The van der Waals surface area contributed by atoms with Crippen molar-refractivity contribution < 1.29 is 32.5 Å². The second kappa shape index (κ2) is 15.2. The van der Waals surface area contributed by atoms with Crippen molar-refractivity contribution in [1.82, 2.24) is 9.62 Å². The first-order valence-corrected chi connectivity index (χ1v) is 16.5. The lowest BCUT2D eigenvalue weighted by Gasteiger charge is -2.35. The Bertz CT molecular complexity index is 1380. The summed E-state index contributed by atoms with van der Waals surface area (Å²) in [6.45, 7) is 4.51. The van der Waals surface area contributed by atoms with Crippen LogP contribution in [-0.4, -0.2) is 81.8 Å². The van der Waals surface area contributed by atoms with E-state index < -0.39 is 39.8 Å². The standard InChI is InChI=1S/C32H44N4O7S/c1-32(2,15-7-8-16-33)22-36(44(39,40)25-13-9-12-24(19-25)34-3)20-28(37)27(18-23-10-5-4-6-11-23)35-31(38)43-29-21-42-30-26(29)14-17-41-30/h4-6,9-13,19,26-30,34,37H,7-8,14-15,17-18,20-22H2,1-3H3,(H,35,38). The number of unbranched alkanes of at least 4 members (excludes halogenated alkanes) is 1. The Hall–Kier alpha value is -3.21. The van der Waals surface area contributed by atoms with E-state index in [9.17, 15) is 18.3 Å². The lowest BCUT2D eigenvalue weighted by molar-refractivity contribution is -0.0907. The number of nitrogens with zero attached hydrogens (tertiary/aromatic N) is 2. The monoisotopic (exact) mass is 628 g/mol. The number of benzene rings is 2. The number of aliphatic hydroxyl groups excluding tert-OH is 1. The molecule has 0 saturated carbocycles. The Balaban J connectivity index is 1.57. The van der Waals surface area contributed by atoms with Crippen molar-refractivity contribution in [2.75, 3.05) is 38.7 Å². The first-order valence-electron chi connectivity index (χ1n) is 15.1. The number of hydrogen-bond acceptors (Lipinski definition) is 9. The van der Waals surface area contributed by atoms with E-state index in [0.717, 1.165) is 12.0 Å². The Morgan fingerprint density at radius 2 is 1.98 bits per heavy atom. The molecule has 240 valence electrons. The minimum absolute atomic E-state index is 0.0458. The van der Waals surface area contributed by atoms with Gasteiger partial charge in [0.2, 0.25) is 10.0 Å². The minimum atomic E-state index is -4.06. The van der Waals surface area contributed by atoms with Crippen LogP contribution in [0.15, 0.2) is 59.5 Å². The first-order chi connectivity index (χ1) is 21.0. The average Bonchev–Trinajstić information content (AvgIpc) is 3.62. The molecule has 5 atom stereocenters. The number of carbonyl (C=O) groups excluding carboxylic acids is 1. The molecule has 11 nitrogen and oxygen atoms in total. The highest BCUT2D eigenvalue weighted by atomic mass is 32.2. The van der Waals surface area contributed by atoms with Gasteiger partial charge in [-0.25, -0.2) is 13.2 Å². The van der Waals surface area contributed by atoms with E-state index in [1.165, 1.54) is 10.4 Å². The van der Waals surface area contributed by atoms with Gasteiger partial charge in [-0.2, -0.15) is 9.57 Å². The predicted octanol–water partition coefficient (Wildman–Crippen LogP) is 3.90. The molecule has 44 heavy (non-hydrogen) atoms. The third kappa shape index (κ3) is 8.92. The molecule has 0 spiro atoms. The van der Waals surface area contributed by atoms with E-state index >= 15 is 0 Å². The lowest BCUT2D eigenvalue weighted by atomic mass is 9.87. The van der Waals surface area contributed by atoms with Crippen molar-refractivity contribution in [3.63, 3.8) is 0 Å². The van der Waals surface area contributed by atoms with Crippen LogP contribution in [0, 0.1) is 22.7 Å². The number of amides is 1. The number of nitriles is 1.